The molecule has 4 nitrogen and oxygen atoms in total. The summed E-state index contributed by atoms with van der Waals surface area (Å²) in [4.78, 5) is 22.8. The van der Waals surface area contributed by atoms with Gasteiger partial charge >= 0.3 is 11.9 Å². The zero-order chi connectivity index (χ0) is 16.5. The summed E-state index contributed by atoms with van der Waals surface area (Å²) < 4.78 is 10.2. The molecule has 0 spiro atoms. The molecule has 0 aliphatic carbocycles. The van der Waals surface area contributed by atoms with Gasteiger partial charge in [0.1, 0.15) is 0 Å². The predicted molar refractivity (Wildman–Crippen MR) is 95.7 cm³/mol. The molecule has 0 aromatic heterocycles. The molecule has 0 rings (SSSR count). The molecule has 0 aromatic rings. The minimum absolute atomic E-state index is 0.110. The van der Waals surface area contributed by atoms with Gasteiger partial charge in [0, 0.05) is 23.5 Å². The molecule has 0 atom stereocenters. The van der Waals surface area contributed by atoms with E-state index in [1.165, 1.54) is 0 Å². The summed E-state index contributed by atoms with van der Waals surface area (Å²) in [7, 11) is 0. The van der Waals surface area contributed by atoms with Crippen molar-refractivity contribution in [1.82, 2.24) is 0 Å². The second-order valence-corrected chi connectivity index (χ2v) is 6.73. The number of halogens is 2. The third-order valence-electron chi connectivity index (χ3n) is 3.09. The molecule has 0 saturated carbocycles. The molecular weight excluding hydrogens is 416 g/mol. The van der Waals surface area contributed by atoms with Crippen LogP contribution in [0.4, 0.5) is 0 Å². The Morgan fingerprint density at radius 3 is 1.36 bits per heavy atom. The number of unbranched alkanes of at least 4 members (excludes halogenated alkanes) is 5. The third kappa shape index (κ3) is 16.3. The highest BCUT2D eigenvalue weighted by Crippen LogP contribution is 2.08. The van der Waals surface area contributed by atoms with Crippen LogP contribution in [-0.4, -0.2) is 35.8 Å². The van der Waals surface area contributed by atoms with Crippen LogP contribution in [0.5, 0.6) is 0 Å². The van der Waals surface area contributed by atoms with Crippen molar-refractivity contribution in [2.75, 3.05) is 23.9 Å². The fourth-order valence-corrected chi connectivity index (χ4v) is 2.59. The number of esters is 2. The van der Waals surface area contributed by atoms with Crippen LogP contribution in [0.15, 0.2) is 0 Å². The van der Waals surface area contributed by atoms with Gasteiger partial charge < -0.3 is 9.47 Å². The first-order valence-electron chi connectivity index (χ1n) is 8.14. The summed E-state index contributed by atoms with van der Waals surface area (Å²) in [5.74, 6) is -0.221. The van der Waals surface area contributed by atoms with E-state index in [1.807, 2.05) is 0 Å². The van der Waals surface area contributed by atoms with Crippen molar-refractivity contribution < 1.29 is 19.1 Å². The molecular formula is C16H28Br2O4. The van der Waals surface area contributed by atoms with Crippen molar-refractivity contribution in [3.8, 4) is 0 Å². The van der Waals surface area contributed by atoms with Crippen LogP contribution in [0.2, 0.25) is 0 Å². The van der Waals surface area contributed by atoms with Crippen molar-refractivity contribution in [3.63, 3.8) is 0 Å². The van der Waals surface area contributed by atoms with Crippen molar-refractivity contribution in [2.24, 2.45) is 0 Å². The molecule has 0 amide bonds. The van der Waals surface area contributed by atoms with Crippen LogP contribution in [-0.2, 0) is 19.1 Å². The van der Waals surface area contributed by atoms with Crippen LogP contribution < -0.4 is 0 Å². The Morgan fingerprint density at radius 1 is 0.591 bits per heavy atom. The molecule has 0 unspecified atom stereocenters. The van der Waals surface area contributed by atoms with Crippen molar-refractivity contribution in [2.45, 2.75) is 64.2 Å². The molecule has 0 bridgehead atoms. The van der Waals surface area contributed by atoms with Gasteiger partial charge in [-0.05, 0) is 38.5 Å². The quantitative estimate of drug-likeness (QED) is 0.208. The molecule has 0 fully saturated rings. The number of hydrogen-bond acceptors (Lipinski definition) is 4. The summed E-state index contributed by atoms with van der Waals surface area (Å²) in [5, 5.41) is 1.90. The normalized spacial score (nSPS) is 10.5. The van der Waals surface area contributed by atoms with Gasteiger partial charge in [-0.2, -0.15) is 0 Å². The zero-order valence-corrected chi connectivity index (χ0v) is 16.5. The second kappa shape index (κ2) is 17.3. The zero-order valence-electron chi connectivity index (χ0n) is 13.3. The minimum atomic E-state index is -0.110. The van der Waals surface area contributed by atoms with Gasteiger partial charge in [0.25, 0.3) is 0 Å². The maximum absolute atomic E-state index is 11.4. The molecule has 6 heteroatoms. The number of carbonyl (C=O) groups excluding carboxylic acids is 2. The van der Waals surface area contributed by atoms with Gasteiger partial charge in [-0.3, -0.25) is 9.59 Å². The summed E-state index contributed by atoms with van der Waals surface area (Å²) in [6.45, 7) is 1.04. The lowest BCUT2D eigenvalue weighted by Gasteiger charge is -2.05. The van der Waals surface area contributed by atoms with Gasteiger partial charge in [-0.1, -0.05) is 44.7 Å². The number of hydrogen-bond donors (Lipinski definition) is 0. The minimum Gasteiger partial charge on any atom is -0.466 e. The van der Waals surface area contributed by atoms with Crippen LogP contribution in [0.3, 0.4) is 0 Å². The van der Waals surface area contributed by atoms with Crippen LogP contribution in [0.25, 0.3) is 0 Å². The van der Waals surface area contributed by atoms with Crippen LogP contribution in [0.1, 0.15) is 64.2 Å². The van der Waals surface area contributed by atoms with Crippen LogP contribution in [0, 0.1) is 0 Å². The smallest absolute Gasteiger partial charge is 0.305 e. The lowest BCUT2D eigenvalue weighted by Crippen LogP contribution is -2.06. The van der Waals surface area contributed by atoms with E-state index >= 15 is 0 Å². The Bertz CT molecular complexity index is 257. The predicted octanol–water partition coefficient (Wildman–Crippen LogP) is 4.76. The second-order valence-electron chi connectivity index (χ2n) is 5.15. The SMILES string of the molecule is O=C(CCCCCCC(=O)OCCCCBr)OCCCCBr. The maximum atomic E-state index is 11.4. The lowest BCUT2D eigenvalue weighted by atomic mass is 10.1. The van der Waals surface area contributed by atoms with E-state index in [0.717, 1.165) is 62.0 Å². The first-order chi connectivity index (χ1) is 10.7. The van der Waals surface area contributed by atoms with Gasteiger partial charge in [0.15, 0.2) is 0 Å². The van der Waals surface area contributed by atoms with Gasteiger partial charge in [0.05, 0.1) is 13.2 Å². The number of ether oxygens (including phenoxy) is 2. The summed E-state index contributed by atoms with van der Waals surface area (Å²) in [6, 6.07) is 0. The highest BCUT2D eigenvalue weighted by molar-refractivity contribution is 9.09. The Hall–Kier alpha value is -0.100. The van der Waals surface area contributed by atoms with E-state index < -0.39 is 0 Å². The Balaban J connectivity index is 3.28. The number of carbonyl (C=O) groups is 2. The topological polar surface area (TPSA) is 52.6 Å². The van der Waals surface area contributed by atoms with E-state index in [9.17, 15) is 9.59 Å². The van der Waals surface area contributed by atoms with Gasteiger partial charge in [-0.15, -0.1) is 0 Å². The summed E-state index contributed by atoms with van der Waals surface area (Å²) in [5.41, 5.74) is 0. The Labute approximate surface area is 150 Å². The molecule has 0 aliphatic heterocycles. The highest BCUT2D eigenvalue weighted by Gasteiger charge is 2.04. The molecule has 0 N–H and O–H groups in total. The van der Waals surface area contributed by atoms with Crippen LogP contribution >= 0.6 is 31.9 Å². The average molecular weight is 444 g/mol. The molecule has 0 radical (unpaired) electrons. The number of alkyl halides is 2. The van der Waals surface area contributed by atoms with E-state index in [-0.39, 0.29) is 11.9 Å². The van der Waals surface area contributed by atoms with Crippen molar-refractivity contribution in [3.05, 3.63) is 0 Å². The van der Waals surface area contributed by atoms with Gasteiger partial charge in [-0.25, -0.2) is 0 Å². The summed E-state index contributed by atoms with van der Waals surface area (Å²) in [6.07, 6.45) is 8.40. The van der Waals surface area contributed by atoms with Gasteiger partial charge in [0.2, 0.25) is 0 Å². The summed E-state index contributed by atoms with van der Waals surface area (Å²) >= 11 is 6.68. The third-order valence-corrected chi connectivity index (χ3v) is 4.22. The maximum Gasteiger partial charge on any atom is 0.305 e. The monoisotopic (exact) mass is 442 g/mol. The Kier molecular flexibility index (Phi) is 17.2. The number of rotatable bonds is 15. The highest BCUT2D eigenvalue weighted by atomic mass is 79.9. The van der Waals surface area contributed by atoms with Crippen molar-refractivity contribution >= 4 is 43.8 Å². The fraction of sp³-hybridized carbons (Fsp3) is 0.875. The molecule has 0 saturated heterocycles. The first-order valence-corrected chi connectivity index (χ1v) is 10.4. The standard InChI is InChI=1S/C16H28Br2O4/c17-11-5-7-13-21-15(19)9-3-1-2-4-10-16(20)22-14-8-6-12-18/h1-14H2. The first kappa shape index (κ1) is 21.9. The largest absolute Gasteiger partial charge is 0.466 e. The molecule has 130 valence electrons. The Morgan fingerprint density at radius 2 is 1.00 bits per heavy atom. The van der Waals surface area contributed by atoms with Crippen molar-refractivity contribution in [1.29, 1.82) is 0 Å². The molecule has 0 aliphatic rings. The lowest BCUT2D eigenvalue weighted by molar-refractivity contribution is -0.145. The van der Waals surface area contributed by atoms with E-state index in [2.05, 4.69) is 31.9 Å². The molecule has 0 aromatic carbocycles. The van der Waals surface area contributed by atoms with E-state index in [0.29, 0.717) is 26.1 Å². The molecule has 22 heavy (non-hydrogen) atoms. The fourth-order valence-electron chi connectivity index (χ4n) is 1.80. The average Bonchev–Trinajstić information content (AvgIpc) is 2.51. The molecule has 0 heterocycles. The van der Waals surface area contributed by atoms with E-state index in [4.69, 9.17) is 9.47 Å². The van der Waals surface area contributed by atoms with E-state index in [1.54, 1.807) is 0 Å².